The van der Waals surface area contributed by atoms with E-state index in [2.05, 4.69) is 15.3 Å². The number of hydrogen-bond acceptors (Lipinski definition) is 7. The third kappa shape index (κ3) is 4.96. The summed E-state index contributed by atoms with van der Waals surface area (Å²) in [6.07, 6.45) is -1.05. The molecule has 2 aromatic heterocycles. The summed E-state index contributed by atoms with van der Waals surface area (Å²) in [7, 11) is 0. The smallest absolute Gasteiger partial charge is 0.339 e. The van der Waals surface area contributed by atoms with Crippen LogP contribution in [0.3, 0.4) is 0 Å². The van der Waals surface area contributed by atoms with Gasteiger partial charge in [-0.3, -0.25) is 10.1 Å². The maximum Gasteiger partial charge on any atom is 0.339 e. The topological polar surface area (TPSA) is 81.2 Å². The lowest BCUT2D eigenvalue weighted by atomic mass is 10.1. The Balaban J connectivity index is 1.28. The van der Waals surface area contributed by atoms with Crippen molar-refractivity contribution in [2.24, 2.45) is 0 Å². The van der Waals surface area contributed by atoms with Crippen molar-refractivity contribution in [3.8, 4) is 21.8 Å². The van der Waals surface area contributed by atoms with Gasteiger partial charge in [0, 0.05) is 16.5 Å². The highest BCUT2D eigenvalue weighted by Crippen LogP contribution is 2.32. The normalized spacial score (nSPS) is 11.8. The number of aromatic nitrogens is 2. The molecule has 0 spiro atoms. The Hall–Kier alpha value is -3.95. The van der Waals surface area contributed by atoms with E-state index in [1.165, 1.54) is 41.7 Å². The third-order valence-corrected chi connectivity index (χ3v) is 7.03. The summed E-state index contributed by atoms with van der Waals surface area (Å²) in [6.45, 7) is 1.50. The summed E-state index contributed by atoms with van der Waals surface area (Å²) in [5.41, 5.74) is 3.18. The second-order valence-corrected chi connectivity index (χ2v) is 9.50. The molecule has 3 aromatic carbocycles. The number of carbonyl (C=O) groups excluding carboxylic acids is 2. The quantitative estimate of drug-likeness (QED) is 0.271. The molecule has 1 atom stereocenters. The molecule has 0 aliphatic carbocycles. The fourth-order valence-corrected chi connectivity index (χ4v) is 5.13. The summed E-state index contributed by atoms with van der Waals surface area (Å²) >= 11 is 2.71. The van der Waals surface area contributed by atoms with E-state index in [1.807, 2.05) is 36.4 Å². The standard InChI is InChI=1S/C26H18FN3O3S2/c1-15(23(31)30-26-29-21(14-34-26)16-10-12-17(27)13-11-16)33-25(32)19-7-3-2-6-18(19)24-28-20-8-4-5-9-22(20)35-24/h2-15H,1H3,(H,29,30,31). The van der Waals surface area contributed by atoms with Gasteiger partial charge >= 0.3 is 5.97 Å². The summed E-state index contributed by atoms with van der Waals surface area (Å²) in [5, 5.41) is 5.48. The molecule has 1 N–H and O–H groups in total. The van der Waals surface area contributed by atoms with Crippen molar-refractivity contribution in [1.82, 2.24) is 9.97 Å². The third-order valence-electron chi connectivity index (χ3n) is 5.20. The lowest BCUT2D eigenvalue weighted by Crippen LogP contribution is -2.30. The number of esters is 1. The zero-order chi connectivity index (χ0) is 24.4. The molecule has 174 valence electrons. The maximum absolute atomic E-state index is 13.1. The van der Waals surface area contributed by atoms with E-state index in [0.29, 0.717) is 27.0 Å². The molecule has 5 rings (SSSR count). The van der Waals surface area contributed by atoms with Crippen LogP contribution in [0.1, 0.15) is 17.3 Å². The van der Waals surface area contributed by atoms with Crippen LogP contribution >= 0.6 is 22.7 Å². The van der Waals surface area contributed by atoms with Crippen LogP contribution in [0.15, 0.2) is 78.2 Å². The van der Waals surface area contributed by atoms with E-state index in [4.69, 9.17) is 4.74 Å². The van der Waals surface area contributed by atoms with Crippen LogP contribution in [0, 0.1) is 5.82 Å². The Morgan fingerprint density at radius 1 is 0.971 bits per heavy atom. The number of hydrogen-bond donors (Lipinski definition) is 1. The first-order chi connectivity index (χ1) is 17.0. The molecular weight excluding hydrogens is 485 g/mol. The number of fused-ring (bicyclic) bond motifs is 1. The molecule has 9 heteroatoms. The van der Waals surface area contributed by atoms with E-state index < -0.39 is 18.0 Å². The fourth-order valence-electron chi connectivity index (χ4n) is 3.40. The van der Waals surface area contributed by atoms with Crippen LogP contribution < -0.4 is 5.32 Å². The van der Waals surface area contributed by atoms with E-state index >= 15 is 0 Å². The minimum absolute atomic E-state index is 0.332. The number of thiazole rings is 2. The fraction of sp³-hybridized carbons (Fsp3) is 0.0769. The van der Waals surface area contributed by atoms with Gasteiger partial charge in [-0.1, -0.05) is 30.3 Å². The minimum Gasteiger partial charge on any atom is -0.449 e. The first-order valence-electron chi connectivity index (χ1n) is 10.7. The number of benzene rings is 3. The van der Waals surface area contributed by atoms with E-state index in [9.17, 15) is 14.0 Å². The Morgan fingerprint density at radius 3 is 2.51 bits per heavy atom. The van der Waals surface area contributed by atoms with Gasteiger partial charge in [0.1, 0.15) is 10.8 Å². The molecule has 1 unspecified atom stereocenters. The predicted octanol–water partition coefficient (Wildman–Crippen LogP) is 6.41. The molecule has 0 radical (unpaired) electrons. The zero-order valence-electron chi connectivity index (χ0n) is 18.4. The van der Waals surface area contributed by atoms with Gasteiger partial charge in [0.05, 0.1) is 21.5 Å². The van der Waals surface area contributed by atoms with Crippen molar-refractivity contribution in [1.29, 1.82) is 0 Å². The SMILES string of the molecule is CC(OC(=O)c1ccccc1-c1nc2ccccc2s1)C(=O)Nc1nc(-c2ccc(F)cc2)cs1. The van der Waals surface area contributed by atoms with Gasteiger partial charge in [-0.25, -0.2) is 19.2 Å². The van der Waals surface area contributed by atoms with Crippen LogP contribution in [0.25, 0.3) is 32.0 Å². The summed E-state index contributed by atoms with van der Waals surface area (Å²) in [5.74, 6) is -1.46. The van der Waals surface area contributed by atoms with Gasteiger partial charge in [-0.05, 0) is 49.4 Å². The van der Waals surface area contributed by atoms with Gasteiger partial charge in [-0.2, -0.15) is 0 Å². The number of nitrogens with zero attached hydrogens (tertiary/aromatic N) is 2. The van der Waals surface area contributed by atoms with Crippen molar-refractivity contribution in [2.75, 3.05) is 5.32 Å². The highest BCUT2D eigenvalue weighted by molar-refractivity contribution is 7.21. The van der Waals surface area contributed by atoms with Gasteiger partial charge in [-0.15, -0.1) is 22.7 Å². The molecule has 1 amide bonds. The number of rotatable bonds is 6. The average molecular weight is 504 g/mol. The zero-order valence-corrected chi connectivity index (χ0v) is 20.0. The molecule has 35 heavy (non-hydrogen) atoms. The first-order valence-corrected chi connectivity index (χ1v) is 12.4. The highest BCUT2D eigenvalue weighted by Gasteiger charge is 2.23. The van der Waals surface area contributed by atoms with Crippen molar-refractivity contribution in [3.05, 3.63) is 89.6 Å². The molecular formula is C26H18FN3O3S2. The first kappa shape index (κ1) is 22.8. The van der Waals surface area contributed by atoms with E-state index in [0.717, 1.165) is 15.8 Å². The molecule has 2 heterocycles. The molecule has 0 aliphatic heterocycles. The largest absolute Gasteiger partial charge is 0.449 e. The number of halogens is 1. The second-order valence-electron chi connectivity index (χ2n) is 7.61. The van der Waals surface area contributed by atoms with Gasteiger partial charge in [0.2, 0.25) is 0 Å². The Labute approximate surface area is 208 Å². The number of carbonyl (C=O) groups is 2. The predicted molar refractivity (Wildman–Crippen MR) is 136 cm³/mol. The molecule has 0 aliphatic rings. The number of para-hydroxylation sites is 1. The molecule has 0 saturated carbocycles. The molecule has 0 bridgehead atoms. The van der Waals surface area contributed by atoms with Crippen molar-refractivity contribution in [3.63, 3.8) is 0 Å². The van der Waals surface area contributed by atoms with Gasteiger partial charge in [0.15, 0.2) is 11.2 Å². The van der Waals surface area contributed by atoms with Crippen LogP contribution in [-0.2, 0) is 9.53 Å². The highest BCUT2D eigenvalue weighted by atomic mass is 32.1. The number of anilines is 1. The number of nitrogens with one attached hydrogen (secondary N) is 1. The number of ether oxygens (including phenoxy) is 1. The Kier molecular flexibility index (Phi) is 6.35. The van der Waals surface area contributed by atoms with E-state index in [1.54, 1.807) is 29.6 Å². The Bertz CT molecular complexity index is 1500. The number of amides is 1. The summed E-state index contributed by atoms with van der Waals surface area (Å²) in [6, 6.07) is 20.7. The maximum atomic E-state index is 13.1. The van der Waals surface area contributed by atoms with Crippen LogP contribution in [-0.4, -0.2) is 27.9 Å². The molecule has 6 nitrogen and oxygen atoms in total. The lowest BCUT2D eigenvalue weighted by Gasteiger charge is -2.13. The average Bonchev–Trinajstić information content (AvgIpc) is 3.51. The minimum atomic E-state index is -1.05. The van der Waals surface area contributed by atoms with Crippen molar-refractivity contribution < 1.29 is 18.7 Å². The molecule has 0 saturated heterocycles. The molecule has 5 aromatic rings. The van der Waals surface area contributed by atoms with Crippen molar-refractivity contribution in [2.45, 2.75) is 13.0 Å². The Morgan fingerprint density at radius 2 is 1.71 bits per heavy atom. The monoisotopic (exact) mass is 503 g/mol. The van der Waals surface area contributed by atoms with Crippen LogP contribution in [0.2, 0.25) is 0 Å². The van der Waals surface area contributed by atoms with E-state index in [-0.39, 0.29) is 5.82 Å². The summed E-state index contributed by atoms with van der Waals surface area (Å²) < 4.78 is 19.6. The molecule has 0 fully saturated rings. The van der Waals surface area contributed by atoms with Crippen LogP contribution in [0.4, 0.5) is 9.52 Å². The van der Waals surface area contributed by atoms with Gasteiger partial charge in [0.25, 0.3) is 5.91 Å². The second kappa shape index (κ2) is 9.73. The lowest BCUT2D eigenvalue weighted by molar-refractivity contribution is -0.123. The van der Waals surface area contributed by atoms with Gasteiger partial charge < -0.3 is 4.74 Å². The van der Waals surface area contributed by atoms with Crippen molar-refractivity contribution >= 4 is 49.9 Å². The summed E-state index contributed by atoms with van der Waals surface area (Å²) in [4.78, 5) is 34.6. The van der Waals surface area contributed by atoms with Crippen LogP contribution in [0.5, 0.6) is 0 Å².